The van der Waals surface area contributed by atoms with Gasteiger partial charge in [0.25, 0.3) is 0 Å². The Bertz CT molecular complexity index is 319. The minimum atomic E-state index is 0.539. The molecule has 62 valence electrons. The highest BCUT2D eigenvalue weighted by atomic mass is 15.2. The van der Waals surface area contributed by atoms with Gasteiger partial charge in [0.15, 0.2) is 0 Å². The molecule has 1 fully saturated rings. The summed E-state index contributed by atoms with van der Waals surface area (Å²) in [6.45, 7) is 2.19. The summed E-state index contributed by atoms with van der Waals surface area (Å²) in [5.74, 6) is 3.76. The standard InChI is InChI=1S/C9H11N3/c1-7-5-8-6-10-3-4-11-9(8)12(7)2/h4,6-7H,5H2,1-2H3/t7-/m0/s1. The van der Waals surface area contributed by atoms with E-state index in [2.05, 4.69) is 34.7 Å². The van der Waals surface area contributed by atoms with Crippen molar-refractivity contribution in [2.75, 3.05) is 7.05 Å². The highest BCUT2D eigenvalue weighted by Crippen LogP contribution is 2.23. The first kappa shape index (κ1) is 7.32. The fourth-order valence-corrected chi connectivity index (χ4v) is 1.50. The van der Waals surface area contributed by atoms with Crippen LogP contribution in [-0.2, 0) is 0 Å². The van der Waals surface area contributed by atoms with Crippen LogP contribution in [0.4, 0.5) is 0 Å². The molecule has 3 heteroatoms. The average Bonchev–Trinajstić information content (AvgIpc) is 2.30. The van der Waals surface area contributed by atoms with Crippen molar-refractivity contribution in [3.63, 3.8) is 0 Å². The molecule has 1 atom stereocenters. The van der Waals surface area contributed by atoms with Gasteiger partial charge in [0, 0.05) is 30.7 Å². The van der Waals surface area contributed by atoms with Crippen LogP contribution in [-0.4, -0.2) is 29.7 Å². The van der Waals surface area contributed by atoms with E-state index in [4.69, 9.17) is 0 Å². The Morgan fingerprint density at radius 3 is 3.33 bits per heavy atom. The van der Waals surface area contributed by atoms with E-state index in [9.17, 15) is 0 Å². The Balaban J connectivity index is 2.41. The monoisotopic (exact) mass is 161 g/mol. The number of likely N-dealkylation sites (tertiary alicyclic amines) is 1. The van der Waals surface area contributed by atoms with Crippen molar-refractivity contribution in [1.82, 2.24) is 4.90 Å². The Hall–Kier alpha value is -1.34. The van der Waals surface area contributed by atoms with E-state index in [1.165, 1.54) is 5.57 Å². The second-order valence-electron chi connectivity index (χ2n) is 3.16. The number of hydrogen-bond donors (Lipinski definition) is 0. The van der Waals surface area contributed by atoms with Crippen molar-refractivity contribution in [3.8, 4) is 0 Å². The van der Waals surface area contributed by atoms with Crippen molar-refractivity contribution < 1.29 is 0 Å². The molecule has 2 aliphatic heterocycles. The van der Waals surface area contributed by atoms with E-state index in [1.807, 2.05) is 6.20 Å². The van der Waals surface area contributed by atoms with Crippen LogP contribution < -0.4 is 0 Å². The number of rotatable bonds is 0. The van der Waals surface area contributed by atoms with Crippen LogP contribution in [0.1, 0.15) is 13.3 Å². The van der Waals surface area contributed by atoms with Gasteiger partial charge in [-0.3, -0.25) is 0 Å². The van der Waals surface area contributed by atoms with E-state index in [0.29, 0.717) is 6.04 Å². The Morgan fingerprint density at radius 2 is 2.50 bits per heavy atom. The predicted octanol–water partition coefficient (Wildman–Crippen LogP) is 1.19. The summed E-state index contributed by atoms with van der Waals surface area (Å²) in [5.41, 5.74) is 1.21. The van der Waals surface area contributed by atoms with E-state index in [0.717, 1.165) is 12.3 Å². The van der Waals surface area contributed by atoms with Gasteiger partial charge in [-0.1, -0.05) is 0 Å². The first-order valence-electron chi connectivity index (χ1n) is 4.06. The molecule has 2 rings (SSSR count). The lowest BCUT2D eigenvalue weighted by atomic mass is 10.2. The van der Waals surface area contributed by atoms with Gasteiger partial charge in [-0.25, -0.2) is 9.98 Å². The molecule has 1 saturated heterocycles. The number of amidine groups is 1. The second kappa shape index (κ2) is 2.61. The largest absolute Gasteiger partial charge is 0.356 e. The highest BCUT2D eigenvalue weighted by Gasteiger charge is 2.27. The lowest BCUT2D eigenvalue weighted by Gasteiger charge is -2.16. The van der Waals surface area contributed by atoms with Gasteiger partial charge in [0.2, 0.25) is 0 Å². The van der Waals surface area contributed by atoms with Crippen LogP contribution in [0.3, 0.4) is 0 Å². The summed E-state index contributed by atoms with van der Waals surface area (Å²) in [6, 6.07) is 0.539. The van der Waals surface area contributed by atoms with Gasteiger partial charge in [-0.05, 0) is 13.3 Å². The van der Waals surface area contributed by atoms with E-state index in [-0.39, 0.29) is 0 Å². The molecule has 0 aromatic heterocycles. The molecule has 3 nitrogen and oxygen atoms in total. The van der Waals surface area contributed by atoms with Crippen LogP contribution >= 0.6 is 0 Å². The van der Waals surface area contributed by atoms with Gasteiger partial charge < -0.3 is 4.90 Å². The third kappa shape index (κ3) is 0.990. The molecule has 0 bridgehead atoms. The molecule has 0 aromatic carbocycles. The zero-order chi connectivity index (χ0) is 8.55. The van der Waals surface area contributed by atoms with Crippen LogP contribution in [0, 0.1) is 0 Å². The van der Waals surface area contributed by atoms with Gasteiger partial charge in [-0.15, -0.1) is 0 Å². The third-order valence-electron chi connectivity index (χ3n) is 2.34. The zero-order valence-electron chi connectivity index (χ0n) is 7.28. The van der Waals surface area contributed by atoms with E-state index >= 15 is 0 Å². The van der Waals surface area contributed by atoms with Gasteiger partial charge >= 0.3 is 0 Å². The summed E-state index contributed by atoms with van der Waals surface area (Å²) < 4.78 is 0. The fraction of sp³-hybridized carbons (Fsp3) is 0.444. The summed E-state index contributed by atoms with van der Waals surface area (Å²) in [6.07, 6.45) is 4.50. The normalized spacial score (nSPS) is 26.5. The highest BCUT2D eigenvalue weighted by molar-refractivity contribution is 6.01. The zero-order valence-corrected chi connectivity index (χ0v) is 7.28. The molecule has 0 saturated carbocycles. The first-order valence-corrected chi connectivity index (χ1v) is 4.06. The minimum absolute atomic E-state index is 0.539. The molecule has 0 unspecified atom stereocenters. The molecule has 0 amide bonds. The molecule has 0 radical (unpaired) electrons. The summed E-state index contributed by atoms with van der Waals surface area (Å²) >= 11 is 0. The maximum absolute atomic E-state index is 4.26. The summed E-state index contributed by atoms with van der Waals surface area (Å²) in [5, 5.41) is 0. The molecular weight excluding hydrogens is 150 g/mol. The molecule has 0 aliphatic carbocycles. The van der Waals surface area contributed by atoms with E-state index < -0.39 is 0 Å². The topological polar surface area (TPSA) is 28.0 Å². The van der Waals surface area contributed by atoms with E-state index in [1.54, 1.807) is 6.20 Å². The molecular formula is C9H11N3. The van der Waals surface area contributed by atoms with Crippen LogP contribution in [0.5, 0.6) is 0 Å². The smallest absolute Gasteiger partial charge is 0.134 e. The number of aliphatic imine (C=N–C) groups is 2. The van der Waals surface area contributed by atoms with Crippen LogP contribution in [0.25, 0.3) is 0 Å². The number of hydrogen-bond acceptors (Lipinski definition) is 3. The predicted molar refractivity (Wildman–Crippen MR) is 49.4 cm³/mol. The second-order valence-corrected chi connectivity index (χ2v) is 3.16. The van der Waals surface area contributed by atoms with Gasteiger partial charge in [-0.2, -0.15) is 0 Å². The molecule has 12 heavy (non-hydrogen) atoms. The number of likely N-dealkylation sites (N-methyl/N-ethyl adjacent to an activating group) is 1. The Labute approximate surface area is 71.8 Å². The lowest BCUT2D eigenvalue weighted by molar-refractivity contribution is 0.425. The van der Waals surface area contributed by atoms with Crippen LogP contribution in [0.2, 0.25) is 0 Å². The van der Waals surface area contributed by atoms with Crippen molar-refractivity contribution in [3.05, 3.63) is 18.0 Å². The van der Waals surface area contributed by atoms with Gasteiger partial charge in [0.05, 0.1) is 6.20 Å². The average molecular weight is 161 g/mol. The SMILES string of the molecule is C[C@H]1CC2=CN=C=CN=C2N1C. The van der Waals surface area contributed by atoms with Crippen molar-refractivity contribution in [1.29, 1.82) is 0 Å². The molecule has 0 aromatic rings. The molecule has 2 aliphatic rings. The van der Waals surface area contributed by atoms with Gasteiger partial charge in [0.1, 0.15) is 5.84 Å². The Kier molecular flexibility index (Phi) is 1.59. The number of nitrogens with zero attached hydrogens (tertiary/aromatic N) is 3. The minimum Gasteiger partial charge on any atom is -0.356 e. The molecule has 0 spiro atoms. The fourth-order valence-electron chi connectivity index (χ4n) is 1.50. The number of fused-ring (bicyclic) bond motifs is 1. The summed E-state index contributed by atoms with van der Waals surface area (Å²) in [7, 11) is 2.06. The molecule has 0 N–H and O–H groups in total. The maximum Gasteiger partial charge on any atom is 0.134 e. The Morgan fingerprint density at radius 1 is 1.67 bits per heavy atom. The van der Waals surface area contributed by atoms with Crippen LogP contribution in [0.15, 0.2) is 28.0 Å². The molecule has 2 heterocycles. The lowest BCUT2D eigenvalue weighted by Crippen LogP contribution is -2.26. The third-order valence-corrected chi connectivity index (χ3v) is 2.34. The van der Waals surface area contributed by atoms with Crippen molar-refractivity contribution in [2.24, 2.45) is 9.98 Å². The maximum atomic E-state index is 4.26. The van der Waals surface area contributed by atoms with Crippen molar-refractivity contribution in [2.45, 2.75) is 19.4 Å². The quantitative estimate of drug-likeness (QED) is 0.524. The van der Waals surface area contributed by atoms with Crippen molar-refractivity contribution >= 4 is 11.7 Å². The first-order chi connectivity index (χ1) is 5.79. The summed E-state index contributed by atoms with van der Waals surface area (Å²) in [4.78, 5) is 10.4.